The molecule has 1 aromatic rings. The number of hydrogen-bond acceptors (Lipinski definition) is 4. The molecule has 0 bridgehead atoms. The minimum Gasteiger partial charge on any atom is -0.358 e. The summed E-state index contributed by atoms with van der Waals surface area (Å²) in [5.41, 5.74) is 0. The third-order valence-electron chi connectivity index (χ3n) is 1.64. The molecule has 1 aromatic heterocycles. The molecule has 0 spiro atoms. The Labute approximate surface area is 86.6 Å². The highest BCUT2D eigenvalue weighted by Gasteiger charge is 2.00. The standard InChI is InChI=1S/C9H11N3OS/c1-11-9(13)6-12-5-8-3-2-7(4-10)14-8/h2-3,12H,5-6H2,1H3,(H,11,13). The fraction of sp³-hybridized carbons (Fsp3) is 0.333. The number of thiophene rings is 1. The van der Waals surface area contributed by atoms with Crippen LogP contribution in [0.2, 0.25) is 0 Å². The highest BCUT2D eigenvalue weighted by atomic mass is 32.1. The third kappa shape index (κ3) is 3.17. The van der Waals surface area contributed by atoms with Gasteiger partial charge in [0.25, 0.3) is 0 Å². The van der Waals surface area contributed by atoms with Crippen molar-refractivity contribution in [1.82, 2.24) is 10.6 Å². The number of nitriles is 1. The van der Waals surface area contributed by atoms with Crippen LogP contribution >= 0.6 is 11.3 Å². The Hall–Kier alpha value is -1.38. The van der Waals surface area contributed by atoms with Crippen LogP contribution in [0.25, 0.3) is 0 Å². The Morgan fingerprint density at radius 3 is 3.00 bits per heavy atom. The van der Waals surface area contributed by atoms with Gasteiger partial charge in [0.1, 0.15) is 10.9 Å². The van der Waals surface area contributed by atoms with Crippen LogP contribution in [0.3, 0.4) is 0 Å². The molecule has 14 heavy (non-hydrogen) atoms. The molecule has 74 valence electrons. The van der Waals surface area contributed by atoms with Gasteiger partial charge in [-0.1, -0.05) is 0 Å². The van der Waals surface area contributed by atoms with E-state index in [1.54, 1.807) is 13.1 Å². The predicted octanol–water partition coefficient (Wildman–Crippen LogP) is 0.455. The van der Waals surface area contributed by atoms with Gasteiger partial charge in [0, 0.05) is 18.5 Å². The van der Waals surface area contributed by atoms with Crippen molar-refractivity contribution in [2.75, 3.05) is 13.6 Å². The number of likely N-dealkylation sites (N-methyl/N-ethyl adjacent to an activating group) is 1. The summed E-state index contributed by atoms with van der Waals surface area (Å²) in [5.74, 6) is -0.0398. The van der Waals surface area contributed by atoms with Crippen LogP contribution in [-0.2, 0) is 11.3 Å². The zero-order chi connectivity index (χ0) is 10.4. The van der Waals surface area contributed by atoms with Crippen LogP contribution in [-0.4, -0.2) is 19.5 Å². The van der Waals surface area contributed by atoms with Crippen LogP contribution in [0, 0.1) is 11.3 Å². The lowest BCUT2D eigenvalue weighted by molar-refractivity contribution is -0.119. The summed E-state index contributed by atoms with van der Waals surface area (Å²) in [6.45, 7) is 0.927. The van der Waals surface area contributed by atoms with E-state index in [4.69, 9.17) is 5.26 Å². The van der Waals surface area contributed by atoms with Crippen LogP contribution in [0.15, 0.2) is 12.1 Å². The van der Waals surface area contributed by atoms with Crippen molar-refractivity contribution in [3.8, 4) is 6.07 Å². The second-order valence-electron chi connectivity index (χ2n) is 2.65. The molecule has 5 heteroatoms. The van der Waals surface area contributed by atoms with Crippen molar-refractivity contribution in [3.05, 3.63) is 21.9 Å². The number of nitrogens with zero attached hydrogens (tertiary/aromatic N) is 1. The fourth-order valence-corrected chi connectivity index (χ4v) is 1.70. The molecule has 1 heterocycles. The van der Waals surface area contributed by atoms with Crippen molar-refractivity contribution >= 4 is 17.2 Å². The average molecular weight is 209 g/mol. The smallest absolute Gasteiger partial charge is 0.233 e. The van der Waals surface area contributed by atoms with Gasteiger partial charge >= 0.3 is 0 Å². The maximum Gasteiger partial charge on any atom is 0.233 e. The third-order valence-corrected chi connectivity index (χ3v) is 2.63. The molecule has 4 nitrogen and oxygen atoms in total. The molecule has 0 aliphatic carbocycles. The van der Waals surface area contributed by atoms with E-state index in [-0.39, 0.29) is 5.91 Å². The first-order chi connectivity index (χ1) is 6.76. The average Bonchev–Trinajstić information content (AvgIpc) is 2.65. The second-order valence-corrected chi connectivity index (χ2v) is 3.82. The lowest BCUT2D eigenvalue weighted by Gasteiger charge is -2.00. The molecule has 0 unspecified atom stereocenters. The van der Waals surface area contributed by atoms with E-state index in [0.29, 0.717) is 18.0 Å². The van der Waals surface area contributed by atoms with E-state index in [1.165, 1.54) is 11.3 Å². The van der Waals surface area contributed by atoms with Gasteiger partial charge in [0.05, 0.1) is 6.54 Å². The quantitative estimate of drug-likeness (QED) is 0.757. The first-order valence-corrected chi connectivity index (χ1v) is 4.98. The van der Waals surface area contributed by atoms with Gasteiger partial charge in [0.2, 0.25) is 5.91 Å². The molecule has 0 saturated heterocycles. The summed E-state index contributed by atoms with van der Waals surface area (Å²) in [4.78, 5) is 12.6. The number of amides is 1. The van der Waals surface area contributed by atoms with Gasteiger partial charge in [-0.05, 0) is 12.1 Å². The summed E-state index contributed by atoms with van der Waals surface area (Å²) in [6, 6.07) is 5.74. The molecular formula is C9H11N3OS. The topological polar surface area (TPSA) is 64.9 Å². The van der Waals surface area contributed by atoms with Crippen LogP contribution < -0.4 is 10.6 Å². The number of rotatable bonds is 4. The summed E-state index contributed by atoms with van der Waals surface area (Å²) >= 11 is 1.44. The van der Waals surface area contributed by atoms with Crippen LogP contribution in [0.1, 0.15) is 9.75 Å². The summed E-state index contributed by atoms with van der Waals surface area (Å²) in [7, 11) is 1.60. The number of carbonyl (C=O) groups is 1. The Kier molecular flexibility index (Phi) is 4.11. The number of hydrogen-bond donors (Lipinski definition) is 2. The van der Waals surface area contributed by atoms with Gasteiger partial charge in [-0.25, -0.2) is 0 Å². The lowest BCUT2D eigenvalue weighted by Crippen LogP contribution is -2.30. The summed E-state index contributed by atoms with van der Waals surface area (Å²) in [5, 5.41) is 14.1. The minimum atomic E-state index is -0.0398. The maximum absolute atomic E-state index is 10.8. The SMILES string of the molecule is CNC(=O)CNCc1ccc(C#N)s1. The monoisotopic (exact) mass is 209 g/mol. The molecular weight excluding hydrogens is 198 g/mol. The molecule has 0 aliphatic heterocycles. The van der Waals surface area contributed by atoms with Crippen molar-refractivity contribution in [3.63, 3.8) is 0 Å². The van der Waals surface area contributed by atoms with Crippen molar-refractivity contribution < 1.29 is 4.79 Å². The second kappa shape index (κ2) is 5.37. The maximum atomic E-state index is 10.8. The molecule has 0 aliphatic rings. The highest BCUT2D eigenvalue weighted by Crippen LogP contribution is 2.14. The fourth-order valence-electron chi connectivity index (χ4n) is 0.921. The Morgan fingerprint density at radius 1 is 1.64 bits per heavy atom. The van der Waals surface area contributed by atoms with E-state index in [2.05, 4.69) is 16.7 Å². The summed E-state index contributed by atoms with van der Waals surface area (Å²) in [6.07, 6.45) is 0. The molecule has 1 rings (SSSR count). The molecule has 0 atom stereocenters. The molecule has 0 fully saturated rings. The summed E-state index contributed by atoms with van der Waals surface area (Å²) < 4.78 is 0. The van der Waals surface area contributed by atoms with Gasteiger partial charge in [-0.2, -0.15) is 5.26 Å². The molecule has 0 aromatic carbocycles. The van der Waals surface area contributed by atoms with E-state index in [0.717, 1.165) is 4.88 Å². The molecule has 2 N–H and O–H groups in total. The largest absolute Gasteiger partial charge is 0.358 e. The highest BCUT2D eigenvalue weighted by molar-refractivity contribution is 7.12. The first-order valence-electron chi connectivity index (χ1n) is 4.16. The van der Waals surface area contributed by atoms with Gasteiger partial charge < -0.3 is 10.6 Å². The molecule has 0 radical (unpaired) electrons. The van der Waals surface area contributed by atoms with E-state index >= 15 is 0 Å². The molecule has 0 saturated carbocycles. The zero-order valence-corrected chi connectivity index (χ0v) is 8.65. The van der Waals surface area contributed by atoms with Gasteiger partial charge in [-0.3, -0.25) is 4.79 Å². The van der Waals surface area contributed by atoms with Gasteiger partial charge in [0.15, 0.2) is 0 Å². The minimum absolute atomic E-state index is 0.0398. The predicted molar refractivity (Wildman–Crippen MR) is 54.8 cm³/mol. The van der Waals surface area contributed by atoms with Crippen molar-refractivity contribution in [2.24, 2.45) is 0 Å². The van der Waals surface area contributed by atoms with E-state index in [9.17, 15) is 4.79 Å². The van der Waals surface area contributed by atoms with E-state index < -0.39 is 0 Å². The van der Waals surface area contributed by atoms with Crippen molar-refractivity contribution in [2.45, 2.75) is 6.54 Å². The molecule has 1 amide bonds. The zero-order valence-electron chi connectivity index (χ0n) is 7.83. The Balaban J connectivity index is 2.32. The van der Waals surface area contributed by atoms with Crippen LogP contribution in [0.4, 0.5) is 0 Å². The lowest BCUT2D eigenvalue weighted by atomic mass is 10.4. The van der Waals surface area contributed by atoms with Gasteiger partial charge in [-0.15, -0.1) is 11.3 Å². The number of carbonyl (C=O) groups excluding carboxylic acids is 1. The number of nitrogens with one attached hydrogen (secondary N) is 2. The van der Waals surface area contributed by atoms with Crippen molar-refractivity contribution in [1.29, 1.82) is 5.26 Å². The van der Waals surface area contributed by atoms with Crippen LogP contribution in [0.5, 0.6) is 0 Å². The first kappa shape index (κ1) is 10.7. The van der Waals surface area contributed by atoms with E-state index in [1.807, 2.05) is 6.07 Å². The Morgan fingerprint density at radius 2 is 2.43 bits per heavy atom. The Bertz CT molecular complexity index is 353. The normalized spacial score (nSPS) is 9.43.